The van der Waals surface area contributed by atoms with Crippen molar-refractivity contribution in [2.45, 2.75) is 31.8 Å². The highest BCUT2D eigenvalue weighted by Crippen LogP contribution is 2.23. The Hall–Kier alpha value is 0.230. The molecule has 3 nitrogen and oxygen atoms in total. The van der Waals surface area contributed by atoms with Crippen molar-refractivity contribution in [2.75, 3.05) is 44.9 Å². The number of ether oxygens (including phenoxy) is 1. The van der Waals surface area contributed by atoms with Crippen LogP contribution in [-0.4, -0.2) is 61.8 Å². The predicted octanol–water partition coefficient (Wildman–Crippen LogP) is 1.44. The summed E-state index contributed by atoms with van der Waals surface area (Å²) < 4.78 is 5.65. The smallest absolute Gasteiger partial charge is 0.0521 e. The lowest BCUT2D eigenvalue weighted by Crippen LogP contribution is -2.48. The first-order chi connectivity index (χ1) is 8.31. The Morgan fingerprint density at radius 2 is 2.29 bits per heavy atom. The third kappa shape index (κ3) is 3.85. The number of rotatable bonds is 5. The van der Waals surface area contributed by atoms with Crippen LogP contribution in [0.2, 0.25) is 0 Å². The van der Waals surface area contributed by atoms with Crippen LogP contribution >= 0.6 is 11.8 Å². The Kier molecular flexibility index (Phi) is 5.60. The van der Waals surface area contributed by atoms with Gasteiger partial charge in [0.2, 0.25) is 0 Å². The Morgan fingerprint density at radius 3 is 3.00 bits per heavy atom. The topological polar surface area (TPSA) is 24.5 Å². The monoisotopic (exact) mass is 258 g/mol. The molecule has 2 rings (SSSR count). The summed E-state index contributed by atoms with van der Waals surface area (Å²) in [6.07, 6.45) is 2.53. The van der Waals surface area contributed by atoms with E-state index in [9.17, 15) is 0 Å². The first-order valence-corrected chi connectivity index (χ1v) is 8.05. The fraction of sp³-hybridized carbons (Fsp3) is 1.00. The molecule has 3 unspecified atom stereocenters. The van der Waals surface area contributed by atoms with Crippen LogP contribution < -0.4 is 5.32 Å². The number of hydrogen-bond donors (Lipinski definition) is 1. The summed E-state index contributed by atoms with van der Waals surface area (Å²) >= 11 is 2.10. The Labute approximate surface area is 110 Å². The maximum absolute atomic E-state index is 5.65. The summed E-state index contributed by atoms with van der Waals surface area (Å²) in [5.41, 5.74) is 0. The molecule has 0 aromatic carbocycles. The van der Waals surface area contributed by atoms with E-state index in [2.05, 4.69) is 35.9 Å². The molecular formula is C13H26N2OS. The van der Waals surface area contributed by atoms with E-state index in [1.54, 1.807) is 0 Å². The second-order valence-corrected chi connectivity index (χ2v) is 6.39. The minimum absolute atomic E-state index is 0.658. The van der Waals surface area contributed by atoms with E-state index in [0.29, 0.717) is 12.0 Å². The lowest BCUT2D eigenvalue weighted by Gasteiger charge is -2.36. The average molecular weight is 258 g/mol. The van der Waals surface area contributed by atoms with E-state index in [1.807, 2.05) is 0 Å². The minimum Gasteiger partial charge on any atom is -0.381 e. The van der Waals surface area contributed by atoms with Gasteiger partial charge in [0, 0.05) is 36.9 Å². The highest BCUT2D eigenvalue weighted by Gasteiger charge is 2.29. The first-order valence-electron chi connectivity index (χ1n) is 6.90. The van der Waals surface area contributed by atoms with Crippen molar-refractivity contribution in [3.05, 3.63) is 0 Å². The molecule has 0 saturated carbocycles. The molecule has 0 amide bonds. The highest BCUT2D eigenvalue weighted by molar-refractivity contribution is 7.99. The number of nitrogens with one attached hydrogen (secondary N) is 1. The summed E-state index contributed by atoms with van der Waals surface area (Å²) in [6.45, 7) is 6.32. The minimum atomic E-state index is 0.658. The molecule has 0 radical (unpaired) electrons. The van der Waals surface area contributed by atoms with Crippen LogP contribution in [0, 0.1) is 5.92 Å². The van der Waals surface area contributed by atoms with Crippen molar-refractivity contribution in [3.8, 4) is 0 Å². The van der Waals surface area contributed by atoms with E-state index >= 15 is 0 Å². The largest absolute Gasteiger partial charge is 0.381 e. The van der Waals surface area contributed by atoms with Crippen molar-refractivity contribution in [1.82, 2.24) is 10.2 Å². The predicted molar refractivity (Wildman–Crippen MR) is 74.8 cm³/mol. The lowest BCUT2D eigenvalue weighted by atomic mass is 9.94. The van der Waals surface area contributed by atoms with Gasteiger partial charge in [-0.3, -0.25) is 0 Å². The molecule has 100 valence electrons. The molecule has 17 heavy (non-hydrogen) atoms. The zero-order valence-corrected chi connectivity index (χ0v) is 12.0. The quantitative estimate of drug-likeness (QED) is 0.806. The SMILES string of the molecule is CCNC1CCOCC1CN(C)C1CCSC1. The Morgan fingerprint density at radius 1 is 1.41 bits per heavy atom. The van der Waals surface area contributed by atoms with Gasteiger partial charge in [0.15, 0.2) is 0 Å². The molecule has 1 N–H and O–H groups in total. The average Bonchev–Trinajstić information content (AvgIpc) is 2.85. The second kappa shape index (κ2) is 6.98. The van der Waals surface area contributed by atoms with E-state index in [1.165, 1.54) is 30.9 Å². The Bertz CT molecular complexity index is 219. The van der Waals surface area contributed by atoms with Gasteiger partial charge in [-0.1, -0.05) is 6.92 Å². The highest BCUT2D eigenvalue weighted by atomic mass is 32.2. The van der Waals surface area contributed by atoms with Crippen LogP contribution in [0.15, 0.2) is 0 Å². The van der Waals surface area contributed by atoms with Crippen LogP contribution in [0.4, 0.5) is 0 Å². The second-order valence-electron chi connectivity index (χ2n) is 5.24. The van der Waals surface area contributed by atoms with Crippen LogP contribution in [0.5, 0.6) is 0 Å². The molecule has 2 heterocycles. The molecule has 0 bridgehead atoms. The standard InChI is InChI=1S/C13H26N2OS/c1-3-14-13-4-6-16-9-11(13)8-15(2)12-5-7-17-10-12/h11-14H,3-10H2,1-2H3. The molecule has 2 aliphatic heterocycles. The number of nitrogens with zero attached hydrogens (tertiary/aromatic N) is 1. The van der Waals surface area contributed by atoms with Gasteiger partial charge < -0.3 is 15.0 Å². The van der Waals surface area contributed by atoms with Crippen LogP contribution in [0.3, 0.4) is 0 Å². The summed E-state index contributed by atoms with van der Waals surface area (Å²) in [5, 5.41) is 3.62. The van der Waals surface area contributed by atoms with Crippen LogP contribution in [0.25, 0.3) is 0 Å². The third-order valence-electron chi connectivity index (χ3n) is 3.99. The Balaban J connectivity index is 1.81. The summed E-state index contributed by atoms with van der Waals surface area (Å²) in [6, 6.07) is 1.45. The van der Waals surface area contributed by atoms with E-state index in [-0.39, 0.29) is 0 Å². The fourth-order valence-electron chi connectivity index (χ4n) is 2.90. The van der Waals surface area contributed by atoms with Gasteiger partial charge >= 0.3 is 0 Å². The maximum Gasteiger partial charge on any atom is 0.0521 e. The zero-order chi connectivity index (χ0) is 12.1. The molecule has 2 saturated heterocycles. The van der Waals surface area contributed by atoms with Gasteiger partial charge in [0.05, 0.1) is 6.61 Å². The van der Waals surface area contributed by atoms with Gasteiger partial charge in [-0.15, -0.1) is 0 Å². The maximum atomic E-state index is 5.65. The van der Waals surface area contributed by atoms with Crippen molar-refractivity contribution < 1.29 is 4.74 Å². The summed E-state index contributed by atoms with van der Waals surface area (Å²) in [5.74, 6) is 3.32. The molecule has 3 atom stereocenters. The van der Waals surface area contributed by atoms with E-state index in [0.717, 1.165) is 25.8 Å². The van der Waals surface area contributed by atoms with Gasteiger partial charge in [0.1, 0.15) is 0 Å². The molecule has 0 aromatic rings. The van der Waals surface area contributed by atoms with Crippen molar-refractivity contribution in [3.63, 3.8) is 0 Å². The van der Waals surface area contributed by atoms with Crippen molar-refractivity contribution in [1.29, 1.82) is 0 Å². The molecule has 0 spiro atoms. The molecular weight excluding hydrogens is 232 g/mol. The molecule has 0 aromatic heterocycles. The van der Waals surface area contributed by atoms with Gasteiger partial charge in [-0.05, 0) is 32.2 Å². The molecule has 2 fully saturated rings. The third-order valence-corrected chi connectivity index (χ3v) is 5.14. The van der Waals surface area contributed by atoms with Gasteiger partial charge in [-0.2, -0.15) is 11.8 Å². The summed E-state index contributed by atoms with van der Waals surface area (Å²) in [4.78, 5) is 2.56. The molecule has 0 aliphatic carbocycles. The number of hydrogen-bond acceptors (Lipinski definition) is 4. The van der Waals surface area contributed by atoms with Crippen molar-refractivity contribution in [2.24, 2.45) is 5.92 Å². The van der Waals surface area contributed by atoms with Gasteiger partial charge in [-0.25, -0.2) is 0 Å². The normalized spacial score (nSPS) is 34.4. The lowest BCUT2D eigenvalue weighted by molar-refractivity contribution is 0.0163. The fourth-order valence-corrected chi connectivity index (χ4v) is 4.20. The van der Waals surface area contributed by atoms with E-state index < -0.39 is 0 Å². The van der Waals surface area contributed by atoms with Crippen molar-refractivity contribution >= 4 is 11.8 Å². The zero-order valence-electron chi connectivity index (χ0n) is 11.2. The number of thioether (sulfide) groups is 1. The van der Waals surface area contributed by atoms with Crippen LogP contribution in [-0.2, 0) is 4.74 Å². The molecule has 4 heteroatoms. The van der Waals surface area contributed by atoms with E-state index in [4.69, 9.17) is 4.74 Å². The van der Waals surface area contributed by atoms with Gasteiger partial charge in [0.25, 0.3) is 0 Å². The molecule has 2 aliphatic rings. The van der Waals surface area contributed by atoms with Crippen LogP contribution in [0.1, 0.15) is 19.8 Å². The first kappa shape index (κ1) is 13.7. The summed E-state index contributed by atoms with van der Waals surface area (Å²) in [7, 11) is 2.29.